The highest BCUT2D eigenvalue weighted by Gasteiger charge is 2.33. The molecule has 1 saturated heterocycles. The largest absolute Gasteiger partial charge is 0.481 e. The molecule has 27 heteroatoms. The number of carbonyl (C=O) groups excluding carboxylic acids is 10. The summed E-state index contributed by atoms with van der Waals surface area (Å²) in [6.45, 7) is -1.59. The first kappa shape index (κ1) is 59.5. The number of primary amides is 2. The van der Waals surface area contributed by atoms with E-state index in [9.17, 15) is 57.8 Å². The molecular formula is C49H67N15O12. The first-order valence-corrected chi connectivity index (χ1v) is 24.5. The molecule has 6 atom stereocenters. The first-order chi connectivity index (χ1) is 36.3. The zero-order valence-corrected chi connectivity index (χ0v) is 41.7. The van der Waals surface area contributed by atoms with Gasteiger partial charge in [-0.2, -0.15) is 0 Å². The van der Waals surface area contributed by atoms with E-state index in [-0.39, 0.29) is 77.0 Å². The fourth-order valence-corrected chi connectivity index (χ4v) is 7.91. The topological polar surface area (TPSA) is 445 Å². The smallest absolute Gasteiger partial charge is 0.312 e. The second-order valence-corrected chi connectivity index (χ2v) is 17.7. The third-order valence-corrected chi connectivity index (χ3v) is 11.7. The number of nitrogens with zero attached hydrogens (tertiary/aromatic N) is 1. The number of aliphatic carboxylic acids is 1. The number of carboxylic acids is 1. The molecule has 410 valence electrons. The summed E-state index contributed by atoms with van der Waals surface area (Å²) in [5.74, 6) is -8.92. The number of benzene rings is 3. The van der Waals surface area contributed by atoms with Crippen LogP contribution in [0.5, 0.6) is 0 Å². The molecular weight excluding hydrogens is 991 g/mol. The number of rotatable bonds is 19. The number of guanidine groups is 1. The number of nitrogens with one attached hydrogen (secondary N) is 10. The van der Waals surface area contributed by atoms with E-state index in [1.165, 1.54) is 0 Å². The molecule has 0 aliphatic carbocycles. The molecule has 4 rings (SSSR count). The fraction of sp³-hybridized carbons (Fsp3) is 0.429. The number of hydrogen-bond donors (Lipinski definition) is 15. The zero-order valence-electron chi connectivity index (χ0n) is 41.7. The average Bonchev–Trinajstić information content (AvgIpc) is 3.37. The molecule has 12 amide bonds. The predicted molar refractivity (Wildman–Crippen MR) is 276 cm³/mol. The Balaban J connectivity index is 1.77. The molecule has 1 aliphatic rings. The lowest BCUT2D eigenvalue weighted by Gasteiger charge is -2.27. The Labute approximate surface area is 437 Å². The van der Waals surface area contributed by atoms with E-state index in [0.29, 0.717) is 11.1 Å². The minimum Gasteiger partial charge on any atom is -0.481 e. The Hall–Kier alpha value is -9.04. The van der Waals surface area contributed by atoms with Gasteiger partial charge in [-0.1, -0.05) is 72.8 Å². The Bertz CT molecular complexity index is 2580. The molecule has 0 radical (unpaired) electrons. The monoisotopic (exact) mass is 1060 g/mol. The summed E-state index contributed by atoms with van der Waals surface area (Å²) >= 11 is 0. The number of carboxylic acid groups (broad SMARTS) is 1. The van der Waals surface area contributed by atoms with Gasteiger partial charge in [-0.05, 0) is 66.8 Å². The van der Waals surface area contributed by atoms with Crippen molar-refractivity contribution in [1.29, 1.82) is 0 Å². The van der Waals surface area contributed by atoms with Gasteiger partial charge in [0, 0.05) is 38.9 Å². The molecule has 0 saturated carbocycles. The Morgan fingerprint density at radius 2 is 0.934 bits per heavy atom. The van der Waals surface area contributed by atoms with Crippen molar-refractivity contribution in [2.75, 3.05) is 32.7 Å². The highest BCUT2D eigenvalue weighted by Crippen LogP contribution is 2.17. The molecule has 19 N–H and O–H groups in total. The number of aliphatic imine (C=N–C) groups is 1. The number of urea groups is 2. The van der Waals surface area contributed by atoms with E-state index < -0.39 is 127 Å². The van der Waals surface area contributed by atoms with Gasteiger partial charge in [0.1, 0.15) is 36.3 Å². The molecule has 0 bridgehead atoms. The standard InChI is InChI=1S/C49H67N15O12/c50-47(51)54-20-6-15-34-44(72)63-35(18-19-40(67)68)45(73)64-36(24-28-9-2-1-3-10-28)42(70)58-27-39(66)60-37(25-29-16-17-30-11-4-5-12-31(30)23-29)46(74)61-32(13-7-21-55-48(52)75)41(69)57-26-38(65)59-33(43(71)62-34)14-8-22-56-49(53)76/h1-5,9-12,16-17,23,32-37H,6-8,13-15,18-22,24-27H2,(H,57,69)(H,58,70)(H,59,65)(H,60,66)(H,61,74)(H,62,71)(H,63,72)(H,64,73)(H,67,68)(H4,50,51,54)(H3,52,55,75)(H3,53,56,76)/t32-,33-,34+,35-,36-,37-/m0/s1. The fourth-order valence-electron chi connectivity index (χ4n) is 7.91. The highest BCUT2D eigenvalue weighted by atomic mass is 16.4. The van der Waals surface area contributed by atoms with Crippen LogP contribution in [0.2, 0.25) is 0 Å². The molecule has 3 aromatic carbocycles. The summed E-state index contributed by atoms with van der Waals surface area (Å²) < 4.78 is 0. The summed E-state index contributed by atoms with van der Waals surface area (Å²) in [5, 5.41) is 36.4. The summed E-state index contributed by atoms with van der Waals surface area (Å²) in [5.41, 5.74) is 22.5. The van der Waals surface area contributed by atoms with E-state index in [2.05, 4.69) is 58.2 Å². The maximum absolute atomic E-state index is 14.3. The number of hydrogen-bond acceptors (Lipinski definition) is 12. The second-order valence-electron chi connectivity index (χ2n) is 17.7. The second kappa shape index (κ2) is 30.9. The molecule has 3 aromatic rings. The summed E-state index contributed by atoms with van der Waals surface area (Å²) in [7, 11) is 0. The van der Waals surface area contributed by atoms with E-state index in [1.54, 1.807) is 42.5 Å². The maximum Gasteiger partial charge on any atom is 0.312 e. The van der Waals surface area contributed by atoms with Gasteiger partial charge in [-0.3, -0.25) is 48.1 Å². The Kier molecular flexibility index (Phi) is 24.2. The molecule has 1 fully saturated rings. The molecule has 0 spiro atoms. The number of fused-ring (bicyclic) bond motifs is 1. The normalized spacial score (nSPS) is 20.6. The van der Waals surface area contributed by atoms with E-state index in [0.717, 1.165) is 10.8 Å². The maximum atomic E-state index is 14.3. The minimum atomic E-state index is -1.63. The van der Waals surface area contributed by atoms with E-state index >= 15 is 0 Å². The van der Waals surface area contributed by atoms with Crippen LogP contribution < -0.4 is 76.1 Å². The van der Waals surface area contributed by atoms with Crippen molar-refractivity contribution in [2.45, 2.75) is 100 Å². The van der Waals surface area contributed by atoms with Crippen molar-refractivity contribution in [1.82, 2.24) is 53.2 Å². The van der Waals surface area contributed by atoms with E-state index in [4.69, 9.17) is 22.9 Å². The minimum absolute atomic E-state index is 0.0180. The molecule has 0 unspecified atom stereocenters. The molecule has 27 nitrogen and oxygen atoms in total. The van der Waals surface area contributed by atoms with Crippen LogP contribution in [0.1, 0.15) is 62.5 Å². The lowest BCUT2D eigenvalue weighted by Crippen LogP contribution is -2.59. The average molecular weight is 1060 g/mol. The van der Waals surface area contributed by atoms with Crippen molar-refractivity contribution in [3.05, 3.63) is 83.9 Å². The lowest BCUT2D eigenvalue weighted by atomic mass is 10.0. The SMILES string of the molecule is NC(=O)NCCC[C@@H]1NC(=O)CNC(=O)[C@H](CCCNC(N)=O)NC(=O)[C@H](Cc2ccc3ccccc3c2)NC(=O)CNC(=O)[C@H](Cc2ccccc2)NC(=O)[C@H](CCC(=O)O)NC(=O)[C@@H](CCCN=C(N)N)NC1=O. The third-order valence-electron chi connectivity index (χ3n) is 11.7. The van der Waals surface area contributed by atoms with Crippen LogP contribution in [0.25, 0.3) is 10.8 Å². The third kappa shape index (κ3) is 21.6. The van der Waals surface area contributed by atoms with Crippen LogP contribution >= 0.6 is 0 Å². The van der Waals surface area contributed by atoms with Crippen LogP contribution in [0, 0.1) is 0 Å². The van der Waals surface area contributed by atoms with Gasteiger partial charge in [-0.25, -0.2) is 9.59 Å². The van der Waals surface area contributed by atoms with Crippen molar-refractivity contribution < 1.29 is 57.8 Å². The zero-order chi connectivity index (χ0) is 55.6. The van der Waals surface area contributed by atoms with Crippen LogP contribution in [0.15, 0.2) is 77.8 Å². The highest BCUT2D eigenvalue weighted by molar-refractivity contribution is 5.98. The van der Waals surface area contributed by atoms with Crippen molar-refractivity contribution in [3.63, 3.8) is 0 Å². The van der Waals surface area contributed by atoms with Crippen LogP contribution in [0.3, 0.4) is 0 Å². The van der Waals surface area contributed by atoms with Crippen LogP contribution in [0.4, 0.5) is 9.59 Å². The van der Waals surface area contributed by atoms with E-state index in [1.807, 2.05) is 30.3 Å². The van der Waals surface area contributed by atoms with Gasteiger partial charge < -0.3 is 81.2 Å². The number of nitrogens with two attached hydrogens (primary N) is 4. The number of carbonyl (C=O) groups is 11. The van der Waals surface area contributed by atoms with Gasteiger partial charge in [0.05, 0.1) is 13.1 Å². The van der Waals surface area contributed by atoms with Gasteiger partial charge >= 0.3 is 18.0 Å². The molecule has 1 aliphatic heterocycles. The molecule has 76 heavy (non-hydrogen) atoms. The Morgan fingerprint density at radius 3 is 1.49 bits per heavy atom. The van der Waals surface area contributed by atoms with Crippen LogP contribution in [-0.4, -0.2) is 145 Å². The van der Waals surface area contributed by atoms with Gasteiger partial charge in [0.2, 0.25) is 47.3 Å². The molecule has 0 aromatic heterocycles. The Morgan fingerprint density at radius 1 is 0.500 bits per heavy atom. The van der Waals surface area contributed by atoms with Gasteiger partial charge in [-0.15, -0.1) is 0 Å². The van der Waals surface area contributed by atoms with Crippen molar-refractivity contribution in [2.24, 2.45) is 27.9 Å². The summed E-state index contributed by atoms with van der Waals surface area (Å²) in [6, 6.07) is 10.7. The number of amides is 12. The van der Waals surface area contributed by atoms with Gasteiger partial charge in [0.25, 0.3) is 0 Å². The summed E-state index contributed by atoms with van der Waals surface area (Å²) in [6.07, 6.45) is -1.67. The first-order valence-electron chi connectivity index (χ1n) is 24.5. The van der Waals surface area contributed by atoms with Crippen LogP contribution in [-0.2, 0) is 56.0 Å². The summed E-state index contributed by atoms with van der Waals surface area (Å²) in [4.78, 5) is 151. The van der Waals surface area contributed by atoms with Crippen molar-refractivity contribution >= 4 is 82.0 Å². The van der Waals surface area contributed by atoms with Crippen molar-refractivity contribution in [3.8, 4) is 0 Å². The lowest BCUT2D eigenvalue weighted by molar-refractivity contribution is -0.138. The van der Waals surface area contributed by atoms with Gasteiger partial charge in [0.15, 0.2) is 5.96 Å². The molecule has 1 heterocycles. The predicted octanol–water partition coefficient (Wildman–Crippen LogP) is -3.40. The quantitative estimate of drug-likeness (QED) is 0.0316.